The second-order valence-corrected chi connectivity index (χ2v) is 5.36. The lowest BCUT2D eigenvalue weighted by molar-refractivity contribution is 0.459. The summed E-state index contributed by atoms with van der Waals surface area (Å²) in [7, 11) is 0. The molecule has 0 fully saturated rings. The topological polar surface area (TPSA) is 56.7 Å². The fourth-order valence-electron chi connectivity index (χ4n) is 1.94. The van der Waals surface area contributed by atoms with E-state index in [9.17, 15) is 0 Å². The molecule has 0 aliphatic heterocycles. The van der Waals surface area contributed by atoms with E-state index in [1.54, 1.807) is 0 Å². The van der Waals surface area contributed by atoms with Gasteiger partial charge in [0.25, 0.3) is 0 Å². The van der Waals surface area contributed by atoms with Gasteiger partial charge in [-0.3, -0.25) is 0 Å². The van der Waals surface area contributed by atoms with Crippen LogP contribution >= 0.6 is 0 Å². The summed E-state index contributed by atoms with van der Waals surface area (Å²) in [4.78, 5) is 0. The van der Waals surface area contributed by atoms with E-state index in [-0.39, 0.29) is 5.41 Å². The minimum Gasteiger partial charge on any atom is -0.381 e. The summed E-state index contributed by atoms with van der Waals surface area (Å²) in [6, 6.07) is 0. The zero-order chi connectivity index (χ0) is 12.2. The van der Waals surface area contributed by atoms with Crippen molar-refractivity contribution in [2.45, 2.75) is 65.3 Å². The van der Waals surface area contributed by atoms with Crippen molar-refractivity contribution in [1.29, 1.82) is 0 Å². The highest BCUT2D eigenvalue weighted by atomic mass is 15.4. The molecule has 1 aromatic rings. The summed E-state index contributed by atoms with van der Waals surface area (Å²) < 4.78 is 1.96. The average molecular weight is 224 g/mol. The predicted molar refractivity (Wildman–Crippen MR) is 67.3 cm³/mol. The van der Waals surface area contributed by atoms with Gasteiger partial charge in [0.05, 0.1) is 5.69 Å². The van der Waals surface area contributed by atoms with E-state index >= 15 is 0 Å². The molecule has 1 heterocycles. The zero-order valence-corrected chi connectivity index (χ0v) is 11.0. The van der Waals surface area contributed by atoms with Gasteiger partial charge in [0, 0.05) is 12.0 Å². The van der Waals surface area contributed by atoms with Gasteiger partial charge in [-0.1, -0.05) is 52.2 Å². The highest BCUT2D eigenvalue weighted by molar-refractivity contribution is 5.37. The SMILES string of the molecule is CCCCCCn1nnc(N)c1C(C)(C)C. The van der Waals surface area contributed by atoms with Crippen molar-refractivity contribution in [3.05, 3.63) is 5.69 Å². The molecular formula is C12H24N4. The minimum absolute atomic E-state index is 0.0122. The van der Waals surface area contributed by atoms with E-state index in [1.165, 1.54) is 19.3 Å². The third-order valence-corrected chi connectivity index (χ3v) is 2.70. The van der Waals surface area contributed by atoms with E-state index < -0.39 is 0 Å². The fraction of sp³-hybridized carbons (Fsp3) is 0.833. The molecular weight excluding hydrogens is 200 g/mol. The van der Waals surface area contributed by atoms with Crippen molar-refractivity contribution in [2.24, 2.45) is 0 Å². The molecule has 16 heavy (non-hydrogen) atoms. The molecule has 2 N–H and O–H groups in total. The molecule has 4 nitrogen and oxygen atoms in total. The number of nitrogens with two attached hydrogens (primary N) is 1. The van der Waals surface area contributed by atoms with Gasteiger partial charge in [-0.15, -0.1) is 5.10 Å². The third-order valence-electron chi connectivity index (χ3n) is 2.70. The van der Waals surface area contributed by atoms with Crippen molar-refractivity contribution >= 4 is 5.82 Å². The summed E-state index contributed by atoms with van der Waals surface area (Å²) in [5, 5.41) is 8.09. The molecule has 0 aromatic carbocycles. The van der Waals surface area contributed by atoms with Crippen LogP contribution in [0.15, 0.2) is 0 Å². The Morgan fingerprint density at radius 3 is 2.44 bits per heavy atom. The number of rotatable bonds is 5. The van der Waals surface area contributed by atoms with Gasteiger partial charge in [0.15, 0.2) is 5.82 Å². The second kappa shape index (κ2) is 5.32. The summed E-state index contributed by atoms with van der Waals surface area (Å²) in [5.74, 6) is 0.572. The molecule has 0 saturated heterocycles. The first-order valence-corrected chi connectivity index (χ1v) is 6.16. The Balaban J connectivity index is 2.66. The lowest BCUT2D eigenvalue weighted by Crippen LogP contribution is -2.20. The molecule has 1 aromatic heterocycles. The quantitative estimate of drug-likeness (QED) is 0.782. The number of nitrogens with zero attached hydrogens (tertiary/aromatic N) is 3. The van der Waals surface area contributed by atoms with Crippen LogP contribution in [-0.4, -0.2) is 15.0 Å². The zero-order valence-electron chi connectivity index (χ0n) is 11.0. The van der Waals surface area contributed by atoms with Crippen LogP contribution in [0.2, 0.25) is 0 Å². The Morgan fingerprint density at radius 1 is 1.19 bits per heavy atom. The summed E-state index contributed by atoms with van der Waals surface area (Å²) in [6.45, 7) is 9.57. The molecule has 0 spiro atoms. The Labute approximate surface area is 98.2 Å². The number of unbranched alkanes of at least 4 members (excludes halogenated alkanes) is 3. The fourth-order valence-corrected chi connectivity index (χ4v) is 1.94. The van der Waals surface area contributed by atoms with E-state index in [2.05, 4.69) is 38.0 Å². The van der Waals surface area contributed by atoms with Gasteiger partial charge >= 0.3 is 0 Å². The smallest absolute Gasteiger partial charge is 0.169 e. The molecule has 0 saturated carbocycles. The monoisotopic (exact) mass is 224 g/mol. The highest BCUT2D eigenvalue weighted by Crippen LogP contribution is 2.26. The van der Waals surface area contributed by atoms with Crippen molar-refractivity contribution in [1.82, 2.24) is 15.0 Å². The van der Waals surface area contributed by atoms with Gasteiger partial charge in [0.2, 0.25) is 0 Å². The van der Waals surface area contributed by atoms with Crippen LogP contribution in [0, 0.1) is 0 Å². The van der Waals surface area contributed by atoms with Crippen molar-refractivity contribution in [3.8, 4) is 0 Å². The van der Waals surface area contributed by atoms with Crippen LogP contribution in [0.1, 0.15) is 59.1 Å². The molecule has 1 rings (SSSR count). The van der Waals surface area contributed by atoms with Crippen LogP contribution in [0.3, 0.4) is 0 Å². The minimum atomic E-state index is 0.0122. The second-order valence-electron chi connectivity index (χ2n) is 5.36. The molecule has 92 valence electrons. The maximum Gasteiger partial charge on any atom is 0.169 e. The number of aromatic nitrogens is 3. The van der Waals surface area contributed by atoms with Gasteiger partial charge in [-0.2, -0.15) is 0 Å². The van der Waals surface area contributed by atoms with Crippen LogP contribution in [-0.2, 0) is 12.0 Å². The Morgan fingerprint density at radius 2 is 1.88 bits per heavy atom. The number of anilines is 1. The lowest BCUT2D eigenvalue weighted by atomic mass is 9.92. The first kappa shape index (κ1) is 13.0. The number of hydrogen-bond donors (Lipinski definition) is 1. The predicted octanol–water partition coefficient (Wildman–Crippen LogP) is 2.74. The Hall–Kier alpha value is -1.06. The van der Waals surface area contributed by atoms with Crippen LogP contribution in [0.5, 0.6) is 0 Å². The number of nitrogen functional groups attached to an aromatic ring is 1. The maximum atomic E-state index is 5.86. The van der Waals surface area contributed by atoms with E-state index in [4.69, 9.17) is 5.73 Å². The van der Waals surface area contributed by atoms with Crippen molar-refractivity contribution in [3.63, 3.8) is 0 Å². The molecule has 0 aliphatic rings. The molecule has 0 aliphatic carbocycles. The molecule has 0 bridgehead atoms. The number of aryl methyl sites for hydroxylation is 1. The summed E-state index contributed by atoms with van der Waals surface area (Å²) in [6.07, 6.45) is 4.94. The number of hydrogen-bond acceptors (Lipinski definition) is 3. The standard InChI is InChI=1S/C12H24N4/c1-5-6-7-8-9-16-10(12(2,3)4)11(13)14-15-16/h5-9,13H2,1-4H3. The van der Waals surface area contributed by atoms with Gasteiger partial charge in [-0.05, 0) is 6.42 Å². The van der Waals surface area contributed by atoms with Gasteiger partial charge in [-0.25, -0.2) is 4.68 Å². The maximum absolute atomic E-state index is 5.86. The molecule has 4 heteroatoms. The molecule has 0 radical (unpaired) electrons. The first-order valence-electron chi connectivity index (χ1n) is 6.16. The molecule has 0 atom stereocenters. The van der Waals surface area contributed by atoms with E-state index in [1.807, 2.05) is 4.68 Å². The van der Waals surface area contributed by atoms with Gasteiger partial charge in [0.1, 0.15) is 0 Å². The van der Waals surface area contributed by atoms with Crippen LogP contribution in [0.25, 0.3) is 0 Å². The normalized spacial score (nSPS) is 12.0. The average Bonchev–Trinajstić information content (AvgIpc) is 2.54. The highest BCUT2D eigenvalue weighted by Gasteiger charge is 2.23. The molecule has 0 amide bonds. The summed E-state index contributed by atoms with van der Waals surface area (Å²) in [5.41, 5.74) is 6.93. The van der Waals surface area contributed by atoms with E-state index in [0.717, 1.165) is 18.7 Å². The van der Waals surface area contributed by atoms with E-state index in [0.29, 0.717) is 5.82 Å². The Bertz CT molecular complexity index is 322. The Kier molecular flexibility index (Phi) is 4.33. The van der Waals surface area contributed by atoms with Crippen LogP contribution in [0.4, 0.5) is 5.82 Å². The van der Waals surface area contributed by atoms with Crippen molar-refractivity contribution < 1.29 is 0 Å². The van der Waals surface area contributed by atoms with Crippen molar-refractivity contribution in [2.75, 3.05) is 5.73 Å². The largest absolute Gasteiger partial charge is 0.381 e. The lowest BCUT2D eigenvalue weighted by Gasteiger charge is -2.20. The van der Waals surface area contributed by atoms with Gasteiger partial charge < -0.3 is 5.73 Å². The third kappa shape index (κ3) is 3.22. The molecule has 0 unspecified atom stereocenters. The summed E-state index contributed by atoms with van der Waals surface area (Å²) >= 11 is 0. The first-order chi connectivity index (χ1) is 7.46. The van der Waals surface area contributed by atoms with Crippen LogP contribution < -0.4 is 5.73 Å².